The Bertz CT molecular complexity index is 1240. The number of carbonyl (C=O) groups is 2. The highest BCUT2D eigenvalue weighted by molar-refractivity contribution is 7.92. The average Bonchev–Trinajstić information content (AvgIpc) is 3.33. The summed E-state index contributed by atoms with van der Waals surface area (Å²) in [7, 11) is -1.28. The lowest BCUT2D eigenvalue weighted by Crippen LogP contribution is -2.30. The second kappa shape index (κ2) is 10.5. The predicted molar refractivity (Wildman–Crippen MR) is 126 cm³/mol. The zero-order chi connectivity index (χ0) is 24.0. The van der Waals surface area contributed by atoms with Gasteiger partial charge in [-0.25, -0.2) is 8.42 Å². The zero-order valence-electron chi connectivity index (χ0n) is 18.3. The van der Waals surface area contributed by atoms with Crippen LogP contribution in [0.1, 0.15) is 33.3 Å². The molecular formula is C23H24N2O6S2. The van der Waals surface area contributed by atoms with Gasteiger partial charge in [0.2, 0.25) is 0 Å². The van der Waals surface area contributed by atoms with Crippen LogP contribution in [0.5, 0.6) is 5.75 Å². The first-order valence-electron chi connectivity index (χ1n) is 9.92. The Morgan fingerprint density at radius 2 is 1.82 bits per heavy atom. The molecule has 1 atom stereocenters. The van der Waals surface area contributed by atoms with E-state index in [2.05, 4.69) is 10.0 Å². The Kier molecular flexibility index (Phi) is 7.72. The highest BCUT2D eigenvalue weighted by Gasteiger charge is 2.24. The van der Waals surface area contributed by atoms with Crippen molar-refractivity contribution in [1.82, 2.24) is 5.32 Å². The smallest absolute Gasteiger partial charge is 0.307 e. The number of amides is 1. The van der Waals surface area contributed by atoms with Gasteiger partial charge < -0.3 is 14.8 Å². The van der Waals surface area contributed by atoms with Gasteiger partial charge in [0.05, 0.1) is 37.3 Å². The third kappa shape index (κ3) is 5.91. The van der Waals surface area contributed by atoms with Crippen molar-refractivity contribution in [3.8, 4) is 5.75 Å². The molecule has 3 rings (SSSR count). The first-order valence-corrected chi connectivity index (χ1v) is 12.3. The van der Waals surface area contributed by atoms with E-state index in [4.69, 9.17) is 9.47 Å². The van der Waals surface area contributed by atoms with Crippen molar-refractivity contribution < 1.29 is 27.5 Å². The maximum absolute atomic E-state index is 13.1. The monoisotopic (exact) mass is 488 g/mol. The van der Waals surface area contributed by atoms with Crippen LogP contribution in [0.3, 0.4) is 0 Å². The number of hydrogen-bond acceptors (Lipinski definition) is 7. The molecule has 3 aromatic rings. The van der Waals surface area contributed by atoms with Crippen molar-refractivity contribution in [2.24, 2.45) is 0 Å². The molecule has 8 nitrogen and oxygen atoms in total. The quantitative estimate of drug-likeness (QED) is 0.442. The summed E-state index contributed by atoms with van der Waals surface area (Å²) >= 11 is 1.39. The first-order chi connectivity index (χ1) is 15.7. The van der Waals surface area contributed by atoms with E-state index >= 15 is 0 Å². The lowest BCUT2D eigenvalue weighted by atomic mass is 10.1. The van der Waals surface area contributed by atoms with E-state index in [9.17, 15) is 18.0 Å². The molecule has 1 heterocycles. The number of thiophene rings is 1. The van der Waals surface area contributed by atoms with Gasteiger partial charge in [0.15, 0.2) is 0 Å². The third-order valence-corrected chi connectivity index (χ3v) is 7.38. The fraction of sp³-hybridized carbons (Fsp3) is 0.217. The van der Waals surface area contributed by atoms with E-state index in [-0.39, 0.29) is 22.6 Å². The highest BCUT2D eigenvalue weighted by atomic mass is 32.2. The predicted octanol–water partition coefficient (Wildman–Crippen LogP) is 3.90. The molecule has 1 unspecified atom stereocenters. The largest absolute Gasteiger partial charge is 0.495 e. The van der Waals surface area contributed by atoms with Gasteiger partial charge >= 0.3 is 5.97 Å². The lowest BCUT2D eigenvalue weighted by molar-refractivity contribution is -0.141. The Morgan fingerprint density at radius 1 is 1.06 bits per heavy atom. The van der Waals surface area contributed by atoms with Crippen LogP contribution in [-0.2, 0) is 19.6 Å². The van der Waals surface area contributed by atoms with Crippen LogP contribution < -0.4 is 14.8 Å². The number of para-hydroxylation sites is 2. The van der Waals surface area contributed by atoms with Gasteiger partial charge in [-0.3, -0.25) is 14.3 Å². The first kappa shape index (κ1) is 24.3. The lowest BCUT2D eigenvalue weighted by Gasteiger charge is -2.17. The second-order valence-corrected chi connectivity index (χ2v) is 9.74. The number of rotatable bonds is 9. The van der Waals surface area contributed by atoms with Gasteiger partial charge in [0, 0.05) is 10.4 Å². The number of anilines is 1. The van der Waals surface area contributed by atoms with Gasteiger partial charge in [-0.2, -0.15) is 0 Å². The minimum atomic E-state index is -4.01. The summed E-state index contributed by atoms with van der Waals surface area (Å²) in [5.41, 5.74) is 0.899. The van der Waals surface area contributed by atoms with Crippen molar-refractivity contribution in [2.45, 2.75) is 24.3 Å². The molecule has 0 aliphatic heterocycles. The summed E-state index contributed by atoms with van der Waals surface area (Å²) in [4.78, 5) is 25.5. The van der Waals surface area contributed by atoms with Crippen LogP contribution in [0.15, 0.2) is 64.9 Å². The van der Waals surface area contributed by atoms with E-state index < -0.39 is 27.9 Å². The number of aryl methyl sites for hydroxylation is 1. The summed E-state index contributed by atoms with van der Waals surface area (Å²) in [6.45, 7) is 1.64. The molecule has 0 saturated heterocycles. The molecule has 0 saturated carbocycles. The van der Waals surface area contributed by atoms with Crippen LogP contribution in [0.4, 0.5) is 5.69 Å². The maximum Gasteiger partial charge on any atom is 0.307 e. The Labute approximate surface area is 196 Å². The molecular weight excluding hydrogens is 464 g/mol. The van der Waals surface area contributed by atoms with Gasteiger partial charge in [-0.1, -0.05) is 24.3 Å². The summed E-state index contributed by atoms with van der Waals surface area (Å²) in [5, 5.41) is 4.64. The average molecular weight is 489 g/mol. The molecule has 2 N–H and O–H groups in total. The standard InChI is InChI=1S/C23H24N2O6S2/c1-15-10-11-16(23(27)24-18(14-22(26)31-3)20-9-6-12-32-20)13-21(15)33(28,29)25-17-7-4-5-8-19(17)30-2/h4-13,18,25H,14H2,1-3H3,(H,24,27). The zero-order valence-corrected chi connectivity index (χ0v) is 20.0. The van der Waals surface area contributed by atoms with Crippen LogP contribution in [0, 0.1) is 6.92 Å². The highest BCUT2D eigenvalue weighted by Crippen LogP contribution is 2.28. The summed E-state index contributed by atoms with van der Waals surface area (Å²) < 4.78 is 38.7. The molecule has 1 aromatic heterocycles. The van der Waals surface area contributed by atoms with Crippen molar-refractivity contribution in [1.29, 1.82) is 0 Å². The third-order valence-electron chi connectivity index (χ3n) is 4.88. The minimum Gasteiger partial charge on any atom is -0.495 e. The van der Waals surface area contributed by atoms with E-state index in [1.165, 1.54) is 37.7 Å². The normalized spacial score (nSPS) is 12.0. The van der Waals surface area contributed by atoms with Gasteiger partial charge in [0.1, 0.15) is 5.75 Å². The van der Waals surface area contributed by atoms with Gasteiger partial charge in [-0.15, -0.1) is 11.3 Å². The molecule has 0 radical (unpaired) electrons. The summed E-state index contributed by atoms with van der Waals surface area (Å²) in [6, 6.07) is 14.1. The number of nitrogens with one attached hydrogen (secondary N) is 2. The fourth-order valence-electron chi connectivity index (χ4n) is 3.16. The summed E-state index contributed by atoms with van der Waals surface area (Å²) in [5.74, 6) is -0.609. The molecule has 1 amide bonds. The molecule has 33 heavy (non-hydrogen) atoms. The van der Waals surface area contributed by atoms with E-state index in [0.29, 0.717) is 11.3 Å². The molecule has 0 bridgehead atoms. The number of ether oxygens (including phenoxy) is 2. The van der Waals surface area contributed by atoms with Crippen molar-refractivity contribution in [2.75, 3.05) is 18.9 Å². The van der Waals surface area contributed by atoms with Crippen molar-refractivity contribution >= 4 is 38.9 Å². The number of sulfonamides is 1. The number of methoxy groups -OCH3 is 2. The molecule has 174 valence electrons. The number of hydrogen-bond donors (Lipinski definition) is 2. The molecule has 0 aliphatic carbocycles. The van der Waals surface area contributed by atoms with Crippen LogP contribution in [0.2, 0.25) is 0 Å². The molecule has 2 aromatic carbocycles. The number of esters is 1. The Morgan fingerprint density at radius 3 is 2.48 bits per heavy atom. The van der Waals surface area contributed by atoms with Crippen molar-refractivity contribution in [3.63, 3.8) is 0 Å². The topological polar surface area (TPSA) is 111 Å². The molecule has 10 heteroatoms. The van der Waals surface area contributed by atoms with Crippen molar-refractivity contribution in [3.05, 3.63) is 76.0 Å². The fourth-order valence-corrected chi connectivity index (χ4v) is 5.28. The van der Waals surface area contributed by atoms with Crippen LogP contribution in [0.25, 0.3) is 0 Å². The van der Waals surface area contributed by atoms with Gasteiger partial charge in [-0.05, 0) is 48.2 Å². The Hall–Kier alpha value is -3.37. The summed E-state index contributed by atoms with van der Waals surface area (Å²) in [6.07, 6.45) is -0.0465. The molecule has 0 aliphatic rings. The van der Waals surface area contributed by atoms with Gasteiger partial charge in [0.25, 0.3) is 15.9 Å². The number of carbonyl (C=O) groups excluding carboxylic acids is 2. The van der Waals surface area contributed by atoms with E-state index in [1.807, 2.05) is 11.4 Å². The maximum atomic E-state index is 13.1. The van der Waals surface area contributed by atoms with Crippen LogP contribution >= 0.6 is 11.3 Å². The molecule has 0 spiro atoms. The number of benzene rings is 2. The SMILES string of the molecule is COC(=O)CC(NC(=O)c1ccc(C)c(S(=O)(=O)Nc2ccccc2OC)c1)c1cccs1. The second-order valence-electron chi connectivity index (χ2n) is 7.11. The van der Waals surface area contributed by atoms with E-state index in [1.54, 1.807) is 43.3 Å². The molecule has 0 fully saturated rings. The Balaban J connectivity index is 1.88. The van der Waals surface area contributed by atoms with E-state index in [0.717, 1.165) is 4.88 Å². The van der Waals surface area contributed by atoms with Crippen LogP contribution in [-0.4, -0.2) is 34.5 Å². The minimum absolute atomic E-state index is 0.0401.